The van der Waals surface area contributed by atoms with E-state index in [1.807, 2.05) is 6.92 Å². The van der Waals surface area contributed by atoms with Crippen LogP contribution in [0.4, 0.5) is 9.59 Å². The van der Waals surface area contributed by atoms with Gasteiger partial charge in [-0.25, -0.2) is 9.59 Å². The topological polar surface area (TPSA) is 323 Å². The van der Waals surface area contributed by atoms with Crippen LogP contribution in [0.3, 0.4) is 0 Å². The Morgan fingerprint density at radius 3 is 0.693 bits per heavy atom. The molecule has 0 radical (unpaired) electrons. The molecule has 0 fully saturated rings. The van der Waals surface area contributed by atoms with Crippen LogP contribution < -0.4 is 0 Å². The van der Waals surface area contributed by atoms with Gasteiger partial charge in [0.05, 0.1) is 212 Å². The van der Waals surface area contributed by atoms with E-state index in [0.717, 1.165) is 6.42 Å². The lowest BCUT2D eigenvalue weighted by Crippen LogP contribution is -2.44. The first-order valence-corrected chi connectivity index (χ1v) is 25.9. The van der Waals surface area contributed by atoms with Crippen molar-refractivity contribution in [1.29, 1.82) is 0 Å². The number of carbonyl (C=O) groups excluding carboxylic acids is 2. The first-order chi connectivity index (χ1) is 35.7. The van der Waals surface area contributed by atoms with Gasteiger partial charge < -0.3 is 112 Å². The second-order valence-corrected chi connectivity index (χ2v) is 19.6. The van der Waals surface area contributed by atoms with E-state index in [4.69, 9.17) is 75.8 Å². The molecule has 0 aliphatic rings. The normalized spacial score (nSPS) is 17.6. The zero-order valence-corrected chi connectivity index (χ0v) is 46.4. The summed E-state index contributed by atoms with van der Waals surface area (Å²) in [5, 5.41) is 67.2. The van der Waals surface area contributed by atoms with Crippen molar-refractivity contribution in [3.05, 3.63) is 0 Å². The summed E-state index contributed by atoms with van der Waals surface area (Å²) in [6, 6.07) is 0. The minimum atomic E-state index is -1.02. The third-order valence-corrected chi connectivity index (χ3v) is 9.99. The Hall–Kier alpha value is -2.22. The molecule has 0 aromatic rings. The molecule has 10 atom stereocenters. The van der Waals surface area contributed by atoms with Crippen molar-refractivity contribution >= 4 is 12.3 Å². The van der Waals surface area contributed by atoms with E-state index >= 15 is 0 Å². The summed E-state index contributed by atoms with van der Waals surface area (Å²) in [7, 11) is 0. The maximum atomic E-state index is 12.8. The maximum Gasteiger partial charge on any atom is 0.508 e. The van der Waals surface area contributed by atoms with Crippen LogP contribution in [0.25, 0.3) is 0 Å². The average Bonchev–Trinajstić information content (AvgIpc) is 3.31. The molecule has 0 spiro atoms. The van der Waals surface area contributed by atoms with Crippen LogP contribution in [0.15, 0.2) is 0 Å². The quantitative estimate of drug-likeness (QED) is 0.0329. The fourth-order valence-electron chi connectivity index (χ4n) is 6.64. The number of aliphatic hydroxyl groups excluding tert-OH is 7. The molecular formula is C50H98O25. The molecule has 7 N–H and O–H groups in total. The van der Waals surface area contributed by atoms with Crippen LogP contribution in [-0.4, -0.2) is 275 Å². The molecule has 448 valence electrons. The van der Waals surface area contributed by atoms with E-state index < -0.39 is 77.4 Å². The summed E-state index contributed by atoms with van der Waals surface area (Å²) in [4.78, 5) is 25.7. The summed E-state index contributed by atoms with van der Waals surface area (Å²) in [6.07, 6.45) is -7.19. The van der Waals surface area contributed by atoms with Crippen molar-refractivity contribution in [2.75, 3.05) is 178 Å². The van der Waals surface area contributed by atoms with Gasteiger partial charge in [-0.2, -0.15) is 0 Å². The first-order valence-electron chi connectivity index (χ1n) is 25.9. The Bertz CT molecular complexity index is 1320. The van der Waals surface area contributed by atoms with Crippen LogP contribution >= 0.6 is 0 Å². The summed E-state index contributed by atoms with van der Waals surface area (Å²) >= 11 is 0. The fourth-order valence-corrected chi connectivity index (χ4v) is 6.64. The van der Waals surface area contributed by atoms with Gasteiger partial charge in [-0.3, -0.25) is 0 Å². The summed E-state index contributed by atoms with van der Waals surface area (Å²) in [5.74, 6) is 0. The van der Waals surface area contributed by atoms with Crippen LogP contribution in [0.5, 0.6) is 0 Å². The SMILES string of the molecule is CCCOCC(COCCO)(COCC(C)O)COCC(C)OC(=O)OC(C)COCC(COCCO)(COCC(C)O)COCC(C)OC(=O)OC(C)COCC(COCCO)(COCC(C)O)COCC(C)O. The lowest BCUT2D eigenvalue weighted by atomic mass is 9.92. The Morgan fingerprint density at radius 1 is 0.320 bits per heavy atom. The smallest absolute Gasteiger partial charge is 0.429 e. The molecule has 0 aromatic heterocycles. The Labute approximate surface area is 444 Å². The highest BCUT2D eigenvalue weighted by atomic mass is 16.7. The Balaban J connectivity index is 5.52. The van der Waals surface area contributed by atoms with Gasteiger partial charge >= 0.3 is 12.3 Å². The Kier molecular flexibility index (Phi) is 43.3. The van der Waals surface area contributed by atoms with Crippen LogP contribution in [-0.2, 0) is 75.8 Å². The number of rotatable bonds is 52. The number of ether oxygens (including phenoxy) is 16. The van der Waals surface area contributed by atoms with Crippen molar-refractivity contribution < 1.29 is 121 Å². The highest BCUT2D eigenvalue weighted by Gasteiger charge is 2.36. The summed E-state index contributed by atoms with van der Waals surface area (Å²) < 4.78 is 91.5. The molecule has 0 aromatic carbocycles. The van der Waals surface area contributed by atoms with E-state index in [-0.39, 0.29) is 172 Å². The molecule has 0 saturated carbocycles. The van der Waals surface area contributed by atoms with E-state index in [1.165, 1.54) is 0 Å². The minimum absolute atomic E-state index is 0.00739. The van der Waals surface area contributed by atoms with Gasteiger partial charge in [0.1, 0.15) is 24.4 Å². The van der Waals surface area contributed by atoms with Crippen molar-refractivity contribution in [3.8, 4) is 0 Å². The maximum absolute atomic E-state index is 12.8. The van der Waals surface area contributed by atoms with E-state index in [1.54, 1.807) is 55.4 Å². The Morgan fingerprint density at radius 2 is 0.507 bits per heavy atom. The van der Waals surface area contributed by atoms with Gasteiger partial charge in [-0.05, 0) is 61.8 Å². The van der Waals surface area contributed by atoms with Crippen molar-refractivity contribution in [1.82, 2.24) is 0 Å². The minimum Gasteiger partial charge on any atom is -0.429 e. The lowest BCUT2D eigenvalue weighted by molar-refractivity contribution is -0.132. The molecule has 25 nitrogen and oxygen atoms in total. The van der Waals surface area contributed by atoms with Gasteiger partial charge in [0.15, 0.2) is 0 Å². The second kappa shape index (κ2) is 44.6. The molecule has 75 heavy (non-hydrogen) atoms. The largest absolute Gasteiger partial charge is 0.508 e. The summed E-state index contributed by atoms with van der Waals surface area (Å²) in [5.41, 5.74) is -2.70. The van der Waals surface area contributed by atoms with E-state index in [0.29, 0.717) is 6.61 Å². The molecule has 0 amide bonds. The molecule has 0 rings (SSSR count). The lowest BCUT2D eigenvalue weighted by Gasteiger charge is -2.34. The molecule has 0 aliphatic carbocycles. The number of aliphatic hydroxyl groups is 7. The number of hydrogen-bond acceptors (Lipinski definition) is 25. The van der Waals surface area contributed by atoms with Gasteiger partial charge in [-0.1, -0.05) is 6.92 Å². The van der Waals surface area contributed by atoms with E-state index in [9.17, 15) is 45.3 Å². The molecule has 10 unspecified atom stereocenters. The van der Waals surface area contributed by atoms with E-state index in [2.05, 4.69) is 0 Å². The monoisotopic (exact) mass is 1100 g/mol. The highest BCUT2D eigenvalue weighted by molar-refractivity contribution is 5.60. The molecule has 0 heterocycles. The number of hydrogen-bond donors (Lipinski definition) is 7. The number of carbonyl (C=O) groups is 2. The molecule has 25 heteroatoms. The average molecular weight is 1100 g/mol. The standard InChI is InChI=1S/C50H98O25/c1-10-14-60-26-48(27-61-15-11-51,30-64-18-38(2)54)34-68-22-42(6)72-46(58)74-44(8)24-70-36-50(29-63-17-13-53,33-67-21-41(5)57)37-71-25-45(9)75-47(59)73-43(7)23-69-35-49(28-62-16-12-52,31-65-19-39(3)55)32-66-20-40(4)56/h38-45,51-57H,10-37H2,1-9H3. The first kappa shape index (κ1) is 72.8. The zero-order valence-electron chi connectivity index (χ0n) is 46.4. The van der Waals surface area contributed by atoms with Crippen LogP contribution in [0.2, 0.25) is 0 Å². The van der Waals surface area contributed by atoms with Crippen molar-refractivity contribution in [3.63, 3.8) is 0 Å². The van der Waals surface area contributed by atoms with Gasteiger partial charge in [0, 0.05) is 6.61 Å². The molecule has 0 bridgehead atoms. The molecular weight excluding hydrogens is 1000 g/mol. The predicted molar refractivity (Wildman–Crippen MR) is 268 cm³/mol. The third-order valence-electron chi connectivity index (χ3n) is 9.99. The van der Waals surface area contributed by atoms with Crippen molar-refractivity contribution in [2.45, 2.75) is 118 Å². The fraction of sp³-hybridized carbons (Fsp3) is 0.960. The highest BCUT2D eigenvalue weighted by Crippen LogP contribution is 2.25. The van der Waals surface area contributed by atoms with Crippen LogP contribution in [0, 0.1) is 16.2 Å². The van der Waals surface area contributed by atoms with Crippen LogP contribution in [0.1, 0.15) is 68.7 Å². The predicted octanol–water partition coefficient (Wildman–Crippen LogP) is 0.915. The van der Waals surface area contributed by atoms with Gasteiger partial charge in [0.2, 0.25) is 0 Å². The zero-order chi connectivity index (χ0) is 56.4. The van der Waals surface area contributed by atoms with Gasteiger partial charge in [-0.15, -0.1) is 0 Å². The molecule has 0 aliphatic heterocycles. The van der Waals surface area contributed by atoms with Crippen molar-refractivity contribution in [2.24, 2.45) is 16.2 Å². The second-order valence-electron chi connectivity index (χ2n) is 19.6. The molecule has 0 saturated heterocycles. The summed E-state index contributed by atoms with van der Waals surface area (Å²) in [6.45, 7) is 15.3. The van der Waals surface area contributed by atoms with Gasteiger partial charge in [0.25, 0.3) is 0 Å². The third kappa shape index (κ3) is 39.7.